The molecule has 0 radical (unpaired) electrons. The zero-order valence-electron chi connectivity index (χ0n) is 9.76. The lowest BCUT2D eigenvalue weighted by molar-refractivity contribution is 0.311. The molecule has 0 aromatic heterocycles. The van der Waals surface area contributed by atoms with Crippen LogP contribution in [0.25, 0.3) is 11.8 Å². The van der Waals surface area contributed by atoms with Gasteiger partial charge in [-0.05, 0) is 16.9 Å². The van der Waals surface area contributed by atoms with Gasteiger partial charge in [0, 0.05) is 10.8 Å². The van der Waals surface area contributed by atoms with Crippen LogP contribution in [0.4, 0.5) is 0 Å². The highest BCUT2D eigenvalue weighted by molar-refractivity contribution is 6.27. The van der Waals surface area contributed by atoms with Crippen molar-refractivity contribution in [1.29, 1.82) is 0 Å². The van der Waals surface area contributed by atoms with Crippen LogP contribution in [0.3, 0.4) is 0 Å². The van der Waals surface area contributed by atoms with Crippen LogP contribution in [0.15, 0.2) is 53.5 Å². The number of benzene rings is 2. The predicted octanol–water partition coefficient (Wildman–Crippen LogP) is 1.41. The summed E-state index contributed by atoms with van der Waals surface area (Å²) in [5, 5.41) is 2.32. The molecule has 2 nitrogen and oxygen atoms in total. The molecule has 0 fully saturated rings. The monoisotopic (exact) mass is 233 g/mol. The maximum absolute atomic E-state index is 5.71. The maximum Gasteiger partial charge on any atom is 0.180 e. The molecule has 2 heteroatoms. The first-order chi connectivity index (χ1) is 8.93. The third-order valence-corrected chi connectivity index (χ3v) is 3.38. The Morgan fingerprint density at radius 3 is 2.78 bits per heavy atom. The number of hydrogen-bond donors (Lipinski definition) is 0. The van der Waals surface area contributed by atoms with Crippen LogP contribution in [-0.2, 0) is 4.74 Å². The van der Waals surface area contributed by atoms with Crippen molar-refractivity contribution in [3.8, 4) is 0 Å². The fraction of sp³-hybridized carbons (Fsp3) is 0.0625. The van der Waals surface area contributed by atoms with Crippen LogP contribution < -0.4 is 10.4 Å². The van der Waals surface area contributed by atoms with Crippen molar-refractivity contribution in [2.75, 3.05) is 6.73 Å². The van der Waals surface area contributed by atoms with E-state index in [4.69, 9.17) is 4.74 Å². The highest BCUT2D eigenvalue weighted by Crippen LogP contribution is 2.21. The van der Waals surface area contributed by atoms with E-state index in [-0.39, 0.29) is 0 Å². The van der Waals surface area contributed by atoms with Crippen molar-refractivity contribution in [3.63, 3.8) is 0 Å². The number of hydrogen-bond acceptors (Lipinski definition) is 2. The summed E-state index contributed by atoms with van der Waals surface area (Å²) >= 11 is 0. The fourth-order valence-electron chi connectivity index (χ4n) is 2.55. The normalized spacial score (nSPS) is 15.6. The molecule has 0 N–H and O–H groups in total. The Bertz CT molecular complexity index is 787. The van der Waals surface area contributed by atoms with Gasteiger partial charge in [0.2, 0.25) is 0 Å². The van der Waals surface area contributed by atoms with Gasteiger partial charge in [-0.15, -0.1) is 0 Å². The molecule has 2 aliphatic rings. The van der Waals surface area contributed by atoms with E-state index in [9.17, 15) is 0 Å². The summed E-state index contributed by atoms with van der Waals surface area (Å²) in [7, 11) is 0. The molecule has 2 aromatic carbocycles. The Morgan fingerprint density at radius 2 is 1.78 bits per heavy atom. The van der Waals surface area contributed by atoms with Crippen LogP contribution in [0, 0.1) is 0 Å². The van der Waals surface area contributed by atoms with E-state index in [0.717, 1.165) is 22.3 Å². The fourth-order valence-corrected chi connectivity index (χ4v) is 2.55. The molecule has 1 aliphatic heterocycles. The number of rotatable bonds is 0. The molecule has 0 saturated heterocycles. The van der Waals surface area contributed by atoms with Gasteiger partial charge in [0.15, 0.2) is 12.5 Å². The zero-order valence-corrected chi connectivity index (χ0v) is 9.76. The topological polar surface area (TPSA) is 21.6 Å². The summed E-state index contributed by atoms with van der Waals surface area (Å²) in [6, 6.07) is 16.6. The predicted molar refractivity (Wildman–Crippen MR) is 71.6 cm³/mol. The van der Waals surface area contributed by atoms with Crippen LogP contribution in [0.5, 0.6) is 0 Å². The molecule has 0 saturated carbocycles. The molecule has 0 bridgehead atoms. The highest BCUT2D eigenvalue weighted by atomic mass is 16.5. The minimum absolute atomic E-state index is 0.424. The van der Waals surface area contributed by atoms with Crippen LogP contribution in [-0.4, -0.2) is 12.4 Å². The summed E-state index contributed by atoms with van der Waals surface area (Å²) in [6.07, 6.45) is 2.20. The van der Waals surface area contributed by atoms with Gasteiger partial charge in [0.1, 0.15) is 5.71 Å². The number of nitrogens with zero attached hydrogens (tertiary/aromatic N) is 1. The molecule has 0 unspecified atom stereocenters. The number of ether oxygens (including phenoxy) is 1. The minimum atomic E-state index is 0.424. The Hall–Kier alpha value is -2.35. The quantitative estimate of drug-likeness (QED) is 0.674. The SMILES string of the molecule is C1=c2ccccc2=C2OCN=C2c2ccccc21. The van der Waals surface area contributed by atoms with Gasteiger partial charge < -0.3 is 4.74 Å². The van der Waals surface area contributed by atoms with E-state index in [1.165, 1.54) is 10.8 Å². The molecule has 4 rings (SSSR count). The van der Waals surface area contributed by atoms with E-state index in [1.54, 1.807) is 0 Å². The standard InChI is InChI=1S/C16H11NO/c1-3-7-13-11(5-1)9-12-6-2-4-8-14(12)16-15(13)17-10-18-16/h1-9H,10H2. The van der Waals surface area contributed by atoms with Crippen molar-refractivity contribution in [1.82, 2.24) is 0 Å². The van der Waals surface area contributed by atoms with E-state index in [0.29, 0.717) is 6.73 Å². The lowest BCUT2D eigenvalue weighted by Crippen LogP contribution is -2.27. The van der Waals surface area contributed by atoms with E-state index in [2.05, 4.69) is 47.5 Å². The number of aliphatic imine (C=N–C) groups is 1. The summed E-state index contributed by atoms with van der Waals surface area (Å²) in [5.74, 6) is 0.909. The van der Waals surface area contributed by atoms with Crippen LogP contribution >= 0.6 is 0 Å². The largest absolute Gasteiger partial charge is 0.468 e. The first kappa shape index (κ1) is 9.66. The highest BCUT2D eigenvalue weighted by Gasteiger charge is 2.21. The van der Waals surface area contributed by atoms with Crippen molar-refractivity contribution in [2.45, 2.75) is 0 Å². The molecule has 86 valence electrons. The van der Waals surface area contributed by atoms with Gasteiger partial charge in [-0.2, -0.15) is 0 Å². The molecule has 2 aromatic rings. The van der Waals surface area contributed by atoms with Crippen molar-refractivity contribution in [2.24, 2.45) is 4.99 Å². The van der Waals surface area contributed by atoms with Gasteiger partial charge in [-0.3, -0.25) is 0 Å². The summed E-state index contributed by atoms with van der Waals surface area (Å²) in [6.45, 7) is 0.424. The third-order valence-electron chi connectivity index (χ3n) is 3.38. The Kier molecular flexibility index (Phi) is 1.92. The molecule has 0 amide bonds. The summed E-state index contributed by atoms with van der Waals surface area (Å²) in [4.78, 5) is 4.50. The molecule has 18 heavy (non-hydrogen) atoms. The first-order valence-electron chi connectivity index (χ1n) is 6.01. The minimum Gasteiger partial charge on any atom is -0.468 e. The lowest BCUT2D eigenvalue weighted by Gasteiger charge is -2.04. The molecular formula is C16H11NO. The van der Waals surface area contributed by atoms with Gasteiger partial charge >= 0.3 is 0 Å². The third kappa shape index (κ3) is 1.26. The van der Waals surface area contributed by atoms with E-state index in [1.807, 2.05) is 12.1 Å². The average molecular weight is 233 g/mol. The van der Waals surface area contributed by atoms with Crippen LogP contribution in [0.2, 0.25) is 0 Å². The molecule has 0 spiro atoms. The van der Waals surface area contributed by atoms with Gasteiger partial charge in [0.05, 0.1) is 0 Å². The van der Waals surface area contributed by atoms with Crippen LogP contribution in [0.1, 0.15) is 11.1 Å². The molecular weight excluding hydrogens is 222 g/mol. The molecule has 0 atom stereocenters. The van der Waals surface area contributed by atoms with Gasteiger partial charge in [-0.25, -0.2) is 4.99 Å². The first-order valence-corrected chi connectivity index (χ1v) is 6.01. The maximum atomic E-state index is 5.71. The van der Waals surface area contributed by atoms with E-state index < -0.39 is 0 Å². The second kappa shape index (κ2) is 3.57. The Balaban J connectivity index is 2.22. The summed E-state index contributed by atoms with van der Waals surface area (Å²) in [5.41, 5.74) is 3.33. The van der Waals surface area contributed by atoms with Crippen molar-refractivity contribution in [3.05, 3.63) is 70.1 Å². The molecule has 1 heterocycles. The smallest absolute Gasteiger partial charge is 0.180 e. The second-order valence-electron chi connectivity index (χ2n) is 4.43. The average Bonchev–Trinajstić information content (AvgIpc) is 2.84. The molecule has 1 aliphatic carbocycles. The van der Waals surface area contributed by atoms with Gasteiger partial charge in [-0.1, -0.05) is 48.5 Å². The van der Waals surface area contributed by atoms with Gasteiger partial charge in [0.25, 0.3) is 0 Å². The number of fused-ring (bicyclic) bond motifs is 4. The lowest BCUT2D eigenvalue weighted by atomic mass is 10.0. The second-order valence-corrected chi connectivity index (χ2v) is 4.43. The van der Waals surface area contributed by atoms with E-state index >= 15 is 0 Å². The van der Waals surface area contributed by atoms with Crippen molar-refractivity contribution >= 4 is 17.5 Å². The zero-order chi connectivity index (χ0) is 11.9. The Labute approximate surface area is 105 Å². The Morgan fingerprint density at radius 1 is 0.944 bits per heavy atom. The summed E-state index contributed by atoms with van der Waals surface area (Å²) < 4.78 is 5.71. The van der Waals surface area contributed by atoms with Crippen molar-refractivity contribution < 1.29 is 4.74 Å².